The summed E-state index contributed by atoms with van der Waals surface area (Å²) in [4.78, 5) is 8.51. The van der Waals surface area contributed by atoms with Gasteiger partial charge in [0.25, 0.3) is 0 Å². The van der Waals surface area contributed by atoms with Gasteiger partial charge in [-0.05, 0) is 24.8 Å². The van der Waals surface area contributed by atoms with Crippen LogP contribution in [0.15, 0.2) is 31.0 Å². The monoisotopic (exact) mass is 256 g/mol. The second kappa shape index (κ2) is 5.03. The second-order valence-electron chi connectivity index (χ2n) is 5.48. The molecule has 0 radical (unpaired) electrons. The van der Waals surface area contributed by atoms with Gasteiger partial charge in [-0.25, -0.2) is 4.98 Å². The van der Waals surface area contributed by atoms with Crippen LogP contribution in [0.3, 0.4) is 0 Å². The molecule has 0 amide bonds. The average molecular weight is 256 g/mol. The van der Waals surface area contributed by atoms with Gasteiger partial charge in [0, 0.05) is 29.7 Å². The normalized spacial score (nSPS) is 23.4. The summed E-state index contributed by atoms with van der Waals surface area (Å²) >= 11 is 0. The van der Waals surface area contributed by atoms with Gasteiger partial charge in [-0.3, -0.25) is 4.98 Å². The van der Waals surface area contributed by atoms with Crippen molar-refractivity contribution in [1.82, 2.24) is 14.5 Å². The Balaban J connectivity index is 2.01. The Morgan fingerprint density at radius 3 is 2.84 bits per heavy atom. The van der Waals surface area contributed by atoms with Gasteiger partial charge in [-0.15, -0.1) is 0 Å². The van der Waals surface area contributed by atoms with Crippen LogP contribution in [0.4, 0.5) is 5.69 Å². The predicted octanol–water partition coefficient (Wildman–Crippen LogP) is 3.28. The Labute approximate surface area is 113 Å². The quantitative estimate of drug-likeness (QED) is 0.897. The molecule has 2 heterocycles. The lowest BCUT2D eigenvalue weighted by Crippen LogP contribution is -2.21. The van der Waals surface area contributed by atoms with E-state index in [1.54, 1.807) is 6.20 Å². The molecule has 1 aliphatic carbocycles. The van der Waals surface area contributed by atoms with Crippen LogP contribution in [0.1, 0.15) is 38.6 Å². The van der Waals surface area contributed by atoms with E-state index in [1.165, 1.54) is 25.7 Å². The molecule has 0 aromatic carbocycles. The van der Waals surface area contributed by atoms with Crippen molar-refractivity contribution in [1.29, 1.82) is 0 Å². The van der Waals surface area contributed by atoms with Gasteiger partial charge >= 0.3 is 0 Å². The first-order valence-electron chi connectivity index (χ1n) is 6.99. The predicted molar refractivity (Wildman–Crippen MR) is 76.5 cm³/mol. The minimum absolute atomic E-state index is 0.533. The molecule has 2 atom stereocenters. The molecule has 2 aromatic rings. The molecule has 1 aliphatic rings. The standard InChI is InChI=1S/C15H20N4/c1-11-4-2-3-5-14(11)19-10-18-9-15(19)12-8-17-7-6-13(12)16/h6-11,14H,2-5H2,1H3,(H2,16,17). The van der Waals surface area contributed by atoms with Crippen LogP contribution in [-0.4, -0.2) is 14.5 Å². The molecule has 2 unspecified atom stereocenters. The van der Waals surface area contributed by atoms with Crippen LogP contribution in [0.2, 0.25) is 0 Å². The number of anilines is 1. The van der Waals surface area contributed by atoms with E-state index >= 15 is 0 Å². The molecule has 4 nitrogen and oxygen atoms in total. The van der Waals surface area contributed by atoms with Crippen molar-refractivity contribution in [2.24, 2.45) is 5.92 Å². The van der Waals surface area contributed by atoms with E-state index in [2.05, 4.69) is 21.5 Å². The summed E-state index contributed by atoms with van der Waals surface area (Å²) in [6, 6.07) is 2.38. The zero-order chi connectivity index (χ0) is 13.2. The summed E-state index contributed by atoms with van der Waals surface area (Å²) < 4.78 is 2.29. The van der Waals surface area contributed by atoms with E-state index < -0.39 is 0 Å². The second-order valence-corrected chi connectivity index (χ2v) is 5.48. The van der Waals surface area contributed by atoms with Gasteiger partial charge in [0.2, 0.25) is 0 Å². The van der Waals surface area contributed by atoms with E-state index in [0.717, 1.165) is 16.9 Å². The fourth-order valence-electron chi connectivity index (χ4n) is 3.11. The lowest BCUT2D eigenvalue weighted by Gasteiger charge is -2.31. The maximum Gasteiger partial charge on any atom is 0.0953 e. The maximum atomic E-state index is 6.06. The zero-order valence-electron chi connectivity index (χ0n) is 11.3. The third kappa shape index (κ3) is 2.23. The number of nitrogen functional groups attached to an aromatic ring is 1. The number of pyridine rings is 1. The molecule has 2 aromatic heterocycles. The Morgan fingerprint density at radius 1 is 1.21 bits per heavy atom. The highest BCUT2D eigenvalue weighted by Gasteiger charge is 2.25. The Hall–Kier alpha value is -1.84. The first-order chi connectivity index (χ1) is 9.27. The zero-order valence-corrected chi connectivity index (χ0v) is 11.3. The highest BCUT2D eigenvalue weighted by atomic mass is 15.1. The Morgan fingerprint density at radius 2 is 2.05 bits per heavy atom. The SMILES string of the molecule is CC1CCCCC1n1cncc1-c1cnccc1N. The van der Waals surface area contributed by atoms with E-state index in [4.69, 9.17) is 5.73 Å². The van der Waals surface area contributed by atoms with Gasteiger partial charge in [0.15, 0.2) is 0 Å². The van der Waals surface area contributed by atoms with Crippen LogP contribution >= 0.6 is 0 Å². The highest BCUT2D eigenvalue weighted by Crippen LogP contribution is 2.37. The highest BCUT2D eigenvalue weighted by molar-refractivity contribution is 5.72. The molecule has 100 valence electrons. The first kappa shape index (κ1) is 12.2. The number of nitrogens with two attached hydrogens (primary N) is 1. The van der Waals surface area contributed by atoms with Gasteiger partial charge in [-0.2, -0.15) is 0 Å². The molecule has 2 N–H and O–H groups in total. The third-order valence-electron chi connectivity index (χ3n) is 4.22. The summed E-state index contributed by atoms with van der Waals surface area (Å²) in [7, 11) is 0. The van der Waals surface area contributed by atoms with Crippen LogP contribution in [0.5, 0.6) is 0 Å². The van der Waals surface area contributed by atoms with Crippen molar-refractivity contribution in [3.05, 3.63) is 31.0 Å². The van der Waals surface area contributed by atoms with Crippen molar-refractivity contribution in [3.63, 3.8) is 0 Å². The Kier molecular flexibility index (Phi) is 3.23. The minimum atomic E-state index is 0.533. The number of hydrogen-bond acceptors (Lipinski definition) is 3. The summed E-state index contributed by atoms with van der Waals surface area (Å²) in [5.41, 5.74) is 8.90. The molecule has 0 aliphatic heterocycles. The number of nitrogens with zero attached hydrogens (tertiary/aromatic N) is 3. The third-order valence-corrected chi connectivity index (χ3v) is 4.22. The molecule has 0 bridgehead atoms. The molecule has 0 saturated heterocycles. The van der Waals surface area contributed by atoms with Gasteiger partial charge in [0.05, 0.1) is 18.2 Å². The van der Waals surface area contributed by atoms with Crippen LogP contribution in [0, 0.1) is 5.92 Å². The molecule has 4 heteroatoms. The van der Waals surface area contributed by atoms with Crippen molar-refractivity contribution in [2.75, 3.05) is 5.73 Å². The molecule has 0 spiro atoms. The fraction of sp³-hybridized carbons (Fsp3) is 0.467. The number of aromatic nitrogens is 3. The number of rotatable bonds is 2. The van der Waals surface area contributed by atoms with Crippen molar-refractivity contribution in [2.45, 2.75) is 38.6 Å². The number of hydrogen-bond donors (Lipinski definition) is 1. The summed E-state index contributed by atoms with van der Waals surface area (Å²) in [6.07, 6.45) is 12.6. The van der Waals surface area contributed by atoms with E-state index in [1.807, 2.05) is 24.8 Å². The summed E-state index contributed by atoms with van der Waals surface area (Å²) in [5, 5.41) is 0. The largest absolute Gasteiger partial charge is 0.398 e. The number of imidazole rings is 1. The topological polar surface area (TPSA) is 56.7 Å². The van der Waals surface area contributed by atoms with Crippen molar-refractivity contribution >= 4 is 5.69 Å². The van der Waals surface area contributed by atoms with E-state index in [9.17, 15) is 0 Å². The van der Waals surface area contributed by atoms with Gasteiger partial charge < -0.3 is 10.3 Å². The van der Waals surface area contributed by atoms with E-state index in [-0.39, 0.29) is 0 Å². The molecular weight excluding hydrogens is 236 g/mol. The molecule has 1 saturated carbocycles. The summed E-state index contributed by atoms with van der Waals surface area (Å²) in [5.74, 6) is 0.694. The van der Waals surface area contributed by atoms with Crippen molar-refractivity contribution < 1.29 is 0 Å². The Bertz CT molecular complexity index is 561. The molecular formula is C15H20N4. The van der Waals surface area contributed by atoms with Crippen LogP contribution < -0.4 is 5.73 Å². The lowest BCUT2D eigenvalue weighted by atomic mass is 9.85. The first-order valence-corrected chi connectivity index (χ1v) is 6.99. The van der Waals surface area contributed by atoms with Gasteiger partial charge in [-0.1, -0.05) is 19.8 Å². The lowest BCUT2D eigenvalue weighted by molar-refractivity contribution is 0.259. The van der Waals surface area contributed by atoms with Crippen molar-refractivity contribution in [3.8, 4) is 11.3 Å². The smallest absolute Gasteiger partial charge is 0.0953 e. The van der Waals surface area contributed by atoms with Gasteiger partial charge in [0.1, 0.15) is 0 Å². The molecule has 19 heavy (non-hydrogen) atoms. The maximum absolute atomic E-state index is 6.06. The molecule has 3 rings (SSSR count). The van der Waals surface area contributed by atoms with Crippen LogP contribution in [-0.2, 0) is 0 Å². The minimum Gasteiger partial charge on any atom is -0.398 e. The fourth-order valence-corrected chi connectivity index (χ4v) is 3.11. The molecule has 1 fully saturated rings. The summed E-state index contributed by atoms with van der Waals surface area (Å²) in [6.45, 7) is 2.33. The average Bonchev–Trinajstić information content (AvgIpc) is 2.89. The van der Waals surface area contributed by atoms with E-state index in [0.29, 0.717) is 12.0 Å². The van der Waals surface area contributed by atoms with Crippen LogP contribution in [0.25, 0.3) is 11.3 Å².